The van der Waals surface area contributed by atoms with Gasteiger partial charge in [-0.1, -0.05) is 12.1 Å². The van der Waals surface area contributed by atoms with Crippen LogP contribution in [0, 0.1) is 3.57 Å². The second-order valence-corrected chi connectivity index (χ2v) is 3.76. The third-order valence-corrected chi connectivity index (χ3v) is 2.58. The molecule has 70 valence electrons. The van der Waals surface area contributed by atoms with Crippen LogP contribution < -0.4 is 0 Å². The summed E-state index contributed by atoms with van der Waals surface area (Å²) in [5.74, 6) is -0.112. The molecule has 1 aromatic rings. The Hall–Kier alpha value is -0.520. The molecule has 0 amide bonds. The van der Waals surface area contributed by atoms with E-state index in [1.807, 2.05) is 0 Å². The molecule has 4 heteroatoms. The lowest BCUT2D eigenvalue weighted by molar-refractivity contribution is 0.101. The third kappa shape index (κ3) is 2.46. The molecule has 0 aromatic heterocycles. The lowest BCUT2D eigenvalue weighted by Gasteiger charge is -2.03. The van der Waals surface area contributed by atoms with Crippen molar-refractivity contribution in [3.63, 3.8) is 0 Å². The molecule has 0 heterocycles. The molecule has 13 heavy (non-hydrogen) atoms. The van der Waals surface area contributed by atoms with Gasteiger partial charge in [-0.3, -0.25) is 4.79 Å². The predicted octanol–water partition coefficient (Wildman–Crippen LogP) is 3.43. The molecule has 0 aliphatic carbocycles. The molecule has 0 bridgehead atoms. The van der Waals surface area contributed by atoms with E-state index < -0.39 is 6.43 Å². The van der Waals surface area contributed by atoms with Crippen molar-refractivity contribution in [3.8, 4) is 0 Å². The SMILES string of the molecule is CC(=O)c1ccc(C(F)F)c(I)c1. The van der Waals surface area contributed by atoms with Crippen LogP contribution >= 0.6 is 22.6 Å². The summed E-state index contributed by atoms with van der Waals surface area (Å²) < 4.78 is 25.0. The zero-order chi connectivity index (χ0) is 10.0. The van der Waals surface area contributed by atoms with Crippen molar-refractivity contribution in [2.75, 3.05) is 0 Å². The predicted molar refractivity (Wildman–Crippen MR) is 54.1 cm³/mol. The Morgan fingerprint density at radius 3 is 2.46 bits per heavy atom. The Morgan fingerprint density at radius 2 is 2.08 bits per heavy atom. The van der Waals surface area contributed by atoms with E-state index in [1.165, 1.54) is 25.1 Å². The maximum atomic E-state index is 12.3. The Balaban J connectivity index is 3.13. The minimum atomic E-state index is -2.48. The standard InChI is InChI=1S/C9H7F2IO/c1-5(13)6-2-3-7(9(10)11)8(12)4-6/h2-4,9H,1H3. The van der Waals surface area contributed by atoms with Gasteiger partial charge in [0.15, 0.2) is 5.78 Å². The first-order valence-corrected chi connectivity index (χ1v) is 4.69. The van der Waals surface area contributed by atoms with Crippen LogP contribution in [0.25, 0.3) is 0 Å². The van der Waals surface area contributed by atoms with Gasteiger partial charge in [-0.05, 0) is 35.6 Å². The second-order valence-electron chi connectivity index (χ2n) is 2.59. The fourth-order valence-electron chi connectivity index (χ4n) is 0.923. The van der Waals surface area contributed by atoms with Crippen LogP contribution in [0.15, 0.2) is 18.2 Å². The minimum Gasteiger partial charge on any atom is -0.295 e. The normalized spacial score (nSPS) is 10.5. The highest BCUT2D eigenvalue weighted by molar-refractivity contribution is 14.1. The molecule has 1 rings (SSSR count). The van der Waals surface area contributed by atoms with E-state index in [4.69, 9.17) is 0 Å². The zero-order valence-corrected chi connectivity index (χ0v) is 9.01. The summed E-state index contributed by atoms with van der Waals surface area (Å²) in [7, 11) is 0. The number of alkyl halides is 2. The van der Waals surface area contributed by atoms with E-state index in [9.17, 15) is 13.6 Å². The van der Waals surface area contributed by atoms with Crippen molar-refractivity contribution in [2.45, 2.75) is 13.3 Å². The molecule has 0 aliphatic heterocycles. The van der Waals surface area contributed by atoms with Crippen LogP contribution in [0.3, 0.4) is 0 Å². The first kappa shape index (κ1) is 10.6. The molecule has 1 aromatic carbocycles. The largest absolute Gasteiger partial charge is 0.295 e. The monoisotopic (exact) mass is 296 g/mol. The van der Waals surface area contributed by atoms with Gasteiger partial charge in [-0.25, -0.2) is 8.78 Å². The zero-order valence-electron chi connectivity index (χ0n) is 6.85. The van der Waals surface area contributed by atoms with Crippen LogP contribution in [0.4, 0.5) is 8.78 Å². The number of carbonyl (C=O) groups is 1. The Kier molecular flexibility index (Phi) is 3.35. The molecule has 0 atom stereocenters. The van der Waals surface area contributed by atoms with E-state index in [-0.39, 0.29) is 11.3 Å². The van der Waals surface area contributed by atoms with Gasteiger partial charge in [-0.2, -0.15) is 0 Å². The van der Waals surface area contributed by atoms with Gasteiger partial charge in [0.25, 0.3) is 6.43 Å². The van der Waals surface area contributed by atoms with Gasteiger partial charge in [0, 0.05) is 14.7 Å². The fraction of sp³-hybridized carbons (Fsp3) is 0.222. The van der Waals surface area contributed by atoms with Gasteiger partial charge in [0.05, 0.1) is 0 Å². The molecule has 0 saturated heterocycles. The molecule has 0 aliphatic rings. The molecule has 0 fully saturated rings. The van der Waals surface area contributed by atoms with Crippen molar-refractivity contribution < 1.29 is 13.6 Å². The highest BCUT2D eigenvalue weighted by Crippen LogP contribution is 2.25. The Bertz CT molecular complexity index is 336. The third-order valence-electron chi connectivity index (χ3n) is 1.64. The highest BCUT2D eigenvalue weighted by Gasteiger charge is 2.12. The number of Topliss-reactive ketones (excluding diaryl/α,β-unsaturated/α-hetero) is 1. The lowest BCUT2D eigenvalue weighted by atomic mass is 10.1. The summed E-state index contributed by atoms with van der Waals surface area (Å²) in [6.07, 6.45) is -2.48. The van der Waals surface area contributed by atoms with E-state index in [1.54, 1.807) is 22.6 Å². The van der Waals surface area contributed by atoms with Gasteiger partial charge in [0.1, 0.15) is 0 Å². The fourth-order valence-corrected chi connectivity index (χ4v) is 1.67. The average molecular weight is 296 g/mol. The van der Waals surface area contributed by atoms with Crippen molar-refractivity contribution in [2.24, 2.45) is 0 Å². The average Bonchev–Trinajstić information content (AvgIpc) is 2.03. The van der Waals surface area contributed by atoms with Gasteiger partial charge < -0.3 is 0 Å². The lowest BCUT2D eigenvalue weighted by Crippen LogP contribution is -1.96. The van der Waals surface area contributed by atoms with Crippen LogP contribution in [0.1, 0.15) is 29.3 Å². The number of ketones is 1. The molecule has 0 spiro atoms. The van der Waals surface area contributed by atoms with Gasteiger partial charge >= 0.3 is 0 Å². The number of halogens is 3. The van der Waals surface area contributed by atoms with E-state index in [0.29, 0.717) is 9.13 Å². The second kappa shape index (κ2) is 4.13. The molecule has 0 saturated carbocycles. The van der Waals surface area contributed by atoms with Crippen LogP contribution in [0.5, 0.6) is 0 Å². The van der Waals surface area contributed by atoms with Crippen molar-refractivity contribution in [1.82, 2.24) is 0 Å². The summed E-state index contributed by atoms with van der Waals surface area (Å²) in [5, 5.41) is 0. The molecular weight excluding hydrogens is 289 g/mol. The van der Waals surface area contributed by atoms with Crippen LogP contribution in [-0.2, 0) is 0 Å². The Morgan fingerprint density at radius 1 is 1.46 bits per heavy atom. The van der Waals surface area contributed by atoms with Crippen molar-refractivity contribution in [1.29, 1.82) is 0 Å². The van der Waals surface area contributed by atoms with Crippen LogP contribution in [-0.4, -0.2) is 5.78 Å². The number of benzene rings is 1. The van der Waals surface area contributed by atoms with Gasteiger partial charge in [0.2, 0.25) is 0 Å². The molecule has 0 N–H and O–H groups in total. The van der Waals surface area contributed by atoms with Gasteiger partial charge in [-0.15, -0.1) is 0 Å². The summed E-state index contributed by atoms with van der Waals surface area (Å²) in [4.78, 5) is 10.9. The highest BCUT2D eigenvalue weighted by atomic mass is 127. The minimum absolute atomic E-state index is 0.0226. The number of rotatable bonds is 2. The van der Waals surface area contributed by atoms with Crippen LogP contribution in [0.2, 0.25) is 0 Å². The van der Waals surface area contributed by atoms with Crippen molar-refractivity contribution >= 4 is 28.4 Å². The topological polar surface area (TPSA) is 17.1 Å². The number of carbonyl (C=O) groups excluding carboxylic acids is 1. The molecule has 0 unspecified atom stereocenters. The summed E-state index contributed by atoms with van der Waals surface area (Å²) in [6, 6.07) is 4.19. The van der Waals surface area contributed by atoms with Crippen molar-refractivity contribution in [3.05, 3.63) is 32.9 Å². The summed E-state index contributed by atoms with van der Waals surface area (Å²) in [5.41, 5.74) is 0.444. The molecule has 0 radical (unpaired) electrons. The van der Waals surface area contributed by atoms with E-state index in [0.717, 1.165) is 0 Å². The Labute approximate surface area is 88.3 Å². The maximum absolute atomic E-state index is 12.3. The summed E-state index contributed by atoms with van der Waals surface area (Å²) in [6.45, 7) is 1.41. The maximum Gasteiger partial charge on any atom is 0.264 e. The smallest absolute Gasteiger partial charge is 0.264 e. The first-order chi connectivity index (χ1) is 6.02. The number of hydrogen-bond acceptors (Lipinski definition) is 1. The van der Waals surface area contributed by atoms with E-state index in [2.05, 4.69) is 0 Å². The van der Waals surface area contributed by atoms with E-state index >= 15 is 0 Å². The molecule has 1 nitrogen and oxygen atoms in total. The molecular formula is C9H7F2IO. The summed E-state index contributed by atoms with van der Waals surface area (Å²) >= 11 is 1.80. The quantitative estimate of drug-likeness (QED) is 0.603. The first-order valence-electron chi connectivity index (χ1n) is 3.61. The number of hydrogen-bond donors (Lipinski definition) is 0.